The molecule has 1 unspecified atom stereocenters. The van der Waals surface area contributed by atoms with Crippen LogP contribution in [0.4, 0.5) is 0 Å². The predicted octanol–water partition coefficient (Wildman–Crippen LogP) is 2.15. The predicted molar refractivity (Wildman–Crippen MR) is 75.1 cm³/mol. The van der Waals surface area contributed by atoms with Crippen LogP contribution in [0.5, 0.6) is 0 Å². The van der Waals surface area contributed by atoms with Gasteiger partial charge in [0.25, 0.3) is 0 Å². The fourth-order valence-electron chi connectivity index (χ4n) is 1.96. The first-order valence-electron chi connectivity index (χ1n) is 6.45. The van der Waals surface area contributed by atoms with E-state index in [0.717, 1.165) is 17.9 Å². The molecular weight excluding hydrogens is 266 g/mol. The van der Waals surface area contributed by atoms with E-state index in [1.807, 2.05) is 32.4 Å². The lowest BCUT2D eigenvalue weighted by Gasteiger charge is -2.20. The summed E-state index contributed by atoms with van der Waals surface area (Å²) in [5.74, 6) is -0.115. The van der Waals surface area contributed by atoms with E-state index in [2.05, 4.69) is 10.4 Å². The molecule has 0 spiro atoms. The van der Waals surface area contributed by atoms with E-state index < -0.39 is 0 Å². The molecule has 0 aliphatic carbocycles. The molecule has 1 atom stereocenters. The second-order valence-corrected chi connectivity index (χ2v) is 5.17. The lowest BCUT2D eigenvalue weighted by atomic mass is 10.0. The van der Waals surface area contributed by atoms with Crippen LogP contribution in [-0.2, 0) is 22.6 Å². The maximum absolute atomic E-state index is 11.7. The van der Waals surface area contributed by atoms with Gasteiger partial charge in [-0.3, -0.25) is 14.8 Å². The summed E-state index contributed by atoms with van der Waals surface area (Å²) in [6.07, 6.45) is 0. The van der Waals surface area contributed by atoms with Crippen LogP contribution in [-0.4, -0.2) is 28.9 Å². The molecule has 1 rings (SSSR count). The molecule has 0 aliphatic heterocycles. The fraction of sp³-hybridized carbons (Fsp3) is 0.692. The number of halogens is 1. The molecule has 108 valence electrons. The van der Waals surface area contributed by atoms with Crippen molar-refractivity contribution in [2.45, 2.75) is 46.8 Å². The summed E-state index contributed by atoms with van der Waals surface area (Å²) in [6.45, 7) is 9.06. The third-order valence-electron chi connectivity index (χ3n) is 3.06. The largest absolute Gasteiger partial charge is 0.468 e. The number of carbonyl (C=O) groups is 1. The normalized spacial score (nSPS) is 12.8. The number of methoxy groups -OCH3 is 1. The molecule has 1 aromatic heterocycles. The summed E-state index contributed by atoms with van der Waals surface area (Å²) < 4.78 is 6.64. The number of nitrogens with zero attached hydrogens (tertiary/aromatic N) is 2. The molecule has 1 N–H and O–H groups in total. The van der Waals surface area contributed by atoms with Gasteiger partial charge in [0, 0.05) is 13.1 Å². The Morgan fingerprint density at radius 3 is 2.63 bits per heavy atom. The Bertz CT molecular complexity index is 443. The highest BCUT2D eigenvalue weighted by Crippen LogP contribution is 2.20. The molecule has 5 nitrogen and oxygen atoms in total. The van der Waals surface area contributed by atoms with Crippen LogP contribution in [0.3, 0.4) is 0 Å². The SMILES string of the molecule is CCn1nc(C)c(Cl)c1CNC(C(=O)OC)C(C)C. The van der Waals surface area contributed by atoms with Gasteiger partial charge in [0.05, 0.1) is 23.5 Å². The van der Waals surface area contributed by atoms with Crippen molar-refractivity contribution in [1.29, 1.82) is 0 Å². The summed E-state index contributed by atoms with van der Waals surface area (Å²) in [7, 11) is 1.40. The Balaban J connectivity index is 2.82. The quantitative estimate of drug-likeness (QED) is 0.815. The highest BCUT2D eigenvalue weighted by atomic mass is 35.5. The molecule has 0 saturated carbocycles. The van der Waals surface area contributed by atoms with Crippen LogP contribution in [0.25, 0.3) is 0 Å². The Morgan fingerprint density at radius 2 is 2.16 bits per heavy atom. The lowest BCUT2D eigenvalue weighted by Crippen LogP contribution is -2.41. The minimum absolute atomic E-state index is 0.144. The number of aryl methyl sites for hydroxylation is 2. The summed E-state index contributed by atoms with van der Waals surface area (Å²) >= 11 is 6.23. The van der Waals surface area contributed by atoms with Crippen molar-refractivity contribution in [3.8, 4) is 0 Å². The number of carbonyl (C=O) groups excluding carboxylic acids is 1. The second kappa shape index (κ2) is 6.91. The number of ether oxygens (including phenoxy) is 1. The van der Waals surface area contributed by atoms with E-state index in [4.69, 9.17) is 16.3 Å². The van der Waals surface area contributed by atoms with Gasteiger partial charge in [-0.05, 0) is 19.8 Å². The zero-order chi connectivity index (χ0) is 14.6. The van der Waals surface area contributed by atoms with Crippen molar-refractivity contribution >= 4 is 17.6 Å². The highest BCUT2D eigenvalue weighted by molar-refractivity contribution is 6.31. The van der Waals surface area contributed by atoms with E-state index in [9.17, 15) is 4.79 Å². The van der Waals surface area contributed by atoms with Crippen molar-refractivity contribution in [2.24, 2.45) is 5.92 Å². The molecule has 6 heteroatoms. The minimum atomic E-state index is -0.346. The zero-order valence-electron chi connectivity index (χ0n) is 12.2. The Hall–Kier alpha value is -1.07. The molecule has 0 fully saturated rings. The molecule has 0 aromatic carbocycles. The van der Waals surface area contributed by atoms with Crippen molar-refractivity contribution in [2.75, 3.05) is 7.11 Å². The number of nitrogens with one attached hydrogen (secondary N) is 1. The van der Waals surface area contributed by atoms with Gasteiger partial charge in [0.15, 0.2) is 0 Å². The van der Waals surface area contributed by atoms with E-state index in [-0.39, 0.29) is 17.9 Å². The monoisotopic (exact) mass is 287 g/mol. The maximum Gasteiger partial charge on any atom is 0.323 e. The summed E-state index contributed by atoms with van der Waals surface area (Å²) in [5, 5.41) is 8.19. The topological polar surface area (TPSA) is 56.2 Å². The third-order valence-corrected chi connectivity index (χ3v) is 3.56. The van der Waals surface area contributed by atoms with Gasteiger partial charge < -0.3 is 4.74 Å². The Kier molecular flexibility index (Phi) is 5.82. The van der Waals surface area contributed by atoms with Crippen molar-refractivity contribution in [3.05, 3.63) is 16.4 Å². The summed E-state index contributed by atoms with van der Waals surface area (Å²) in [5.41, 5.74) is 1.70. The van der Waals surface area contributed by atoms with Crippen LogP contribution in [0.15, 0.2) is 0 Å². The van der Waals surface area contributed by atoms with Gasteiger partial charge in [0.2, 0.25) is 0 Å². The van der Waals surface area contributed by atoms with Gasteiger partial charge >= 0.3 is 5.97 Å². The minimum Gasteiger partial charge on any atom is -0.468 e. The van der Waals surface area contributed by atoms with Crippen LogP contribution < -0.4 is 5.32 Å². The van der Waals surface area contributed by atoms with Gasteiger partial charge in [-0.2, -0.15) is 5.10 Å². The molecule has 0 bridgehead atoms. The highest BCUT2D eigenvalue weighted by Gasteiger charge is 2.23. The maximum atomic E-state index is 11.7. The Morgan fingerprint density at radius 1 is 1.53 bits per heavy atom. The van der Waals surface area contributed by atoms with Crippen LogP contribution in [0.1, 0.15) is 32.2 Å². The van der Waals surface area contributed by atoms with E-state index >= 15 is 0 Å². The number of esters is 1. The molecule has 0 aliphatic rings. The molecule has 1 heterocycles. The van der Waals surface area contributed by atoms with Gasteiger partial charge in [-0.15, -0.1) is 0 Å². The second-order valence-electron chi connectivity index (χ2n) is 4.79. The molecule has 0 amide bonds. The van der Waals surface area contributed by atoms with Crippen LogP contribution in [0, 0.1) is 12.8 Å². The zero-order valence-corrected chi connectivity index (χ0v) is 12.9. The van der Waals surface area contributed by atoms with Crippen molar-refractivity contribution in [1.82, 2.24) is 15.1 Å². The smallest absolute Gasteiger partial charge is 0.323 e. The first-order chi connectivity index (χ1) is 8.92. The average molecular weight is 288 g/mol. The first kappa shape index (κ1) is 16.0. The van der Waals surface area contributed by atoms with Crippen LogP contribution >= 0.6 is 11.6 Å². The molecule has 19 heavy (non-hydrogen) atoms. The molecule has 0 radical (unpaired) electrons. The van der Waals surface area contributed by atoms with E-state index in [1.54, 1.807) is 0 Å². The number of hydrogen-bond acceptors (Lipinski definition) is 4. The molecule has 1 aromatic rings. The van der Waals surface area contributed by atoms with Crippen LogP contribution in [0.2, 0.25) is 5.02 Å². The van der Waals surface area contributed by atoms with Crippen molar-refractivity contribution < 1.29 is 9.53 Å². The van der Waals surface area contributed by atoms with Gasteiger partial charge in [0.1, 0.15) is 6.04 Å². The lowest BCUT2D eigenvalue weighted by molar-refractivity contribution is -0.144. The fourth-order valence-corrected chi connectivity index (χ4v) is 2.16. The number of aromatic nitrogens is 2. The molecular formula is C13H22ClN3O2. The third kappa shape index (κ3) is 3.70. The van der Waals surface area contributed by atoms with Gasteiger partial charge in [-0.25, -0.2) is 0 Å². The Labute approximate surface area is 119 Å². The standard InChI is InChI=1S/C13H22ClN3O2/c1-6-17-10(11(14)9(4)16-17)7-15-12(8(2)3)13(18)19-5/h8,12,15H,6-7H2,1-5H3. The first-order valence-corrected chi connectivity index (χ1v) is 6.83. The number of hydrogen-bond donors (Lipinski definition) is 1. The number of rotatable bonds is 6. The summed E-state index contributed by atoms with van der Waals surface area (Å²) in [6, 6.07) is -0.346. The molecule has 0 saturated heterocycles. The van der Waals surface area contributed by atoms with E-state index in [0.29, 0.717) is 11.6 Å². The van der Waals surface area contributed by atoms with Crippen molar-refractivity contribution in [3.63, 3.8) is 0 Å². The van der Waals surface area contributed by atoms with Gasteiger partial charge in [-0.1, -0.05) is 25.4 Å². The van der Waals surface area contributed by atoms with E-state index in [1.165, 1.54) is 7.11 Å². The summed E-state index contributed by atoms with van der Waals surface area (Å²) in [4.78, 5) is 11.7. The average Bonchev–Trinajstić information content (AvgIpc) is 2.65.